The van der Waals surface area contributed by atoms with Crippen molar-refractivity contribution in [2.24, 2.45) is 5.10 Å². The fraction of sp³-hybridized carbons (Fsp3) is 0.350. The fourth-order valence-electron chi connectivity index (χ4n) is 3.57. The molecule has 0 aromatic carbocycles. The molecule has 0 bridgehead atoms. The van der Waals surface area contributed by atoms with Crippen LogP contribution in [0.15, 0.2) is 35.9 Å². The molecule has 4 heterocycles. The van der Waals surface area contributed by atoms with E-state index in [2.05, 4.69) is 31.9 Å². The molecule has 0 saturated carbocycles. The van der Waals surface area contributed by atoms with Gasteiger partial charge in [0.15, 0.2) is 6.54 Å². The molecular formula is C20H20F3N8O2+. The van der Waals surface area contributed by atoms with Gasteiger partial charge in [-0.3, -0.25) is 4.79 Å². The Bertz CT molecular complexity index is 1170. The van der Waals surface area contributed by atoms with Crippen LogP contribution in [-0.2, 0) is 4.79 Å². The Hall–Kier alpha value is -3.92. The SMILES string of the molecule is C=CC(=O)N1CC[C@@H](F)[C@H](Oc2nc(NC3=C[NH+](CC(F)F)N=C3)nc3[nH]cc(C#N)c23)C1. The molecule has 1 fully saturated rings. The van der Waals surface area contributed by atoms with Crippen molar-refractivity contribution in [3.8, 4) is 11.9 Å². The van der Waals surface area contributed by atoms with E-state index in [-0.39, 0.29) is 58.9 Å². The van der Waals surface area contributed by atoms with Crippen molar-refractivity contribution in [1.82, 2.24) is 19.9 Å². The van der Waals surface area contributed by atoms with Gasteiger partial charge in [-0.25, -0.2) is 13.2 Å². The summed E-state index contributed by atoms with van der Waals surface area (Å²) in [5.41, 5.74) is 0.842. The number of amides is 1. The first-order valence-electron chi connectivity index (χ1n) is 10.1. The summed E-state index contributed by atoms with van der Waals surface area (Å²) in [6, 6.07) is 2.00. The highest BCUT2D eigenvalue weighted by Crippen LogP contribution is 2.30. The number of carbonyl (C=O) groups is 1. The number of alkyl halides is 3. The number of quaternary nitrogens is 1. The summed E-state index contributed by atoms with van der Waals surface area (Å²) in [7, 11) is 0. The monoisotopic (exact) mass is 461 g/mol. The smallest absolute Gasteiger partial charge is 0.289 e. The number of nitrogens with one attached hydrogen (secondary N) is 3. The minimum atomic E-state index is -2.53. The number of aromatic amines is 1. The van der Waals surface area contributed by atoms with Crippen LogP contribution < -0.4 is 15.1 Å². The molecule has 0 radical (unpaired) electrons. The van der Waals surface area contributed by atoms with Crippen molar-refractivity contribution < 1.29 is 27.7 Å². The molecule has 3 atom stereocenters. The van der Waals surface area contributed by atoms with E-state index in [4.69, 9.17) is 4.74 Å². The highest BCUT2D eigenvalue weighted by molar-refractivity contribution is 5.89. The normalized spacial score (nSPS) is 22.3. The number of H-pyrrole nitrogens is 1. The first-order valence-corrected chi connectivity index (χ1v) is 10.1. The van der Waals surface area contributed by atoms with E-state index >= 15 is 0 Å². The van der Waals surface area contributed by atoms with Crippen LogP contribution in [0.1, 0.15) is 12.0 Å². The predicted octanol–water partition coefficient (Wildman–Crippen LogP) is 0.736. The van der Waals surface area contributed by atoms with Crippen molar-refractivity contribution in [2.45, 2.75) is 25.1 Å². The van der Waals surface area contributed by atoms with Gasteiger partial charge in [-0.05, 0) is 12.5 Å². The zero-order chi connectivity index (χ0) is 23.5. The molecule has 2 aromatic heterocycles. The first kappa shape index (κ1) is 22.3. The van der Waals surface area contributed by atoms with Crippen LogP contribution >= 0.6 is 0 Å². The number of hydrogen-bond acceptors (Lipinski definition) is 7. The summed E-state index contributed by atoms with van der Waals surface area (Å²) in [4.78, 5) is 24.8. The van der Waals surface area contributed by atoms with E-state index in [0.29, 0.717) is 5.70 Å². The molecule has 33 heavy (non-hydrogen) atoms. The third-order valence-corrected chi connectivity index (χ3v) is 5.16. The van der Waals surface area contributed by atoms with Gasteiger partial charge in [0.05, 0.1) is 17.5 Å². The zero-order valence-electron chi connectivity index (χ0n) is 17.3. The van der Waals surface area contributed by atoms with Crippen molar-refractivity contribution in [2.75, 3.05) is 25.0 Å². The number of ether oxygens (including phenoxy) is 1. The summed E-state index contributed by atoms with van der Waals surface area (Å²) < 4.78 is 45.7. The second-order valence-electron chi connectivity index (χ2n) is 7.41. The van der Waals surface area contributed by atoms with Crippen molar-refractivity contribution in [1.29, 1.82) is 5.26 Å². The third-order valence-electron chi connectivity index (χ3n) is 5.16. The number of allylic oxidation sites excluding steroid dienone is 1. The maximum atomic E-state index is 14.6. The Kier molecular flexibility index (Phi) is 6.27. The Labute approximate surface area is 186 Å². The summed E-state index contributed by atoms with van der Waals surface area (Å²) >= 11 is 0. The number of nitrogens with zero attached hydrogens (tertiary/aromatic N) is 5. The molecule has 2 aromatic rings. The third kappa shape index (κ3) is 4.80. The number of aromatic nitrogens is 3. The van der Waals surface area contributed by atoms with Gasteiger partial charge in [0.2, 0.25) is 17.7 Å². The maximum absolute atomic E-state index is 14.6. The lowest BCUT2D eigenvalue weighted by Crippen LogP contribution is -3.02. The van der Waals surface area contributed by atoms with Crippen LogP contribution in [0.3, 0.4) is 0 Å². The van der Waals surface area contributed by atoms with E-state index in [9.17, 15) is 23.2 Å². The lowest BCUT2D eigenvalue weighted by molar-refractivity contribution is -0.856. The van der Waals surface area contributed by atoms with Gasteiger partial charge in [0.1, 0.15) is 42.1 Å². The lowest BCUT2D eigenvalue weighted by Gasteiger charge is -2.34. The second-order valence-corrected chi connectivity index (χ2v) is 7.41. The molecule has 13 heteroatoms. The molecule has 1 amide bonds. The quantitative estimate of drug-likeness (QED) is 0.523. The van der Waals surface area contributed by atoms with Crippen LogP contribution in [0.4, 0.5) is 19.1 Å². The number of anilines is 1. The van der Waals surface area contributed by atoms with Crippen LogP contribution in [-0.4, -0.2) is 70.3 Å². The zero-order valence-corrected chi connectivity index (χ0v) is 17.3. The van der Waals surface area contributed by atoms with E-state index in [1.807, 2.05) is 6.07 Å². The number of halogens is 3. The average molecular weight is 461 g/mol. The van der Waals surface area contributed by atoms with E-state index in [1.165, 1.54) is 23.5 Å². The number of rotatable bonds is 7. The highest BCUT2D eigenvalue weighted by atomic mass is 19.3. The van der Waals surface area contributed by atoms with Crippen molar-refractivity contribution in [3.63, 3.8) is 0 Å². The van der Waals surface area contributed by atoms with Crippen LogP contribution in [0.5, 0.6) is 5.88 Å². The largest absolute Gasteiger partial charge is 0.469 e. The molecule has 0 aliphatic carbocycles. The molecule has 0 spiro atoms. The summed E-state index contributed by atoms with van der Waals surface area (Å²) in [6.07, 6.45) is 0.535. The van der Waals surface area contributed by atoms with Gasteiger partial charge in [0.25, 0.3) is 6.43 Å². The number of nitriles is 1. The Morgan fingerprint density at radius 1 is 1.52 bits per heavy atom. The van der Waals surface area contributed by atoms with E-state index in [0.717, 1.165) is 6.08 Å². The lowest BCUT2D eigenvalue weighted by atomic mass is 10.1. The number of likely N-dealkylation sites (tertiary alicyclic amines) is 1. The fourth-order valence-corrected chi connectivity index (χ4v) is 3.57. The molecule has 2 aliphatic heterocycles. The van der Waals surface area contributed by atoms with Crippen LogP contribution in [0, 0.1) is 11.3 Å². The predicted molar refractivity (Wildman–Crippen MR) is 111 cm³/mol. The minimum absolute atomic E-state index is 0.0175. The summed E-state index contributed by atoms with van der Waals surface area (Å²) in [6.45, 7) is 3.17. The first-order chi connectivity index (χ1) is 15.9. The number of carbonyl (C=O) groups excluding carboxylic acids is 1. The van der Waals surface area contributed by atoms with Gasteiger partial charge < -0.3 is 19.9 Å². The standard InChI is InChI=1S/C20H19F3N8O2/c1-2-16(32)30-4-3-13(21)14(9-30)33-19-17-11(5-24)6-25-18(17)28-20(29-19)27-12-7-26-31(8-12)10-15(22)23/h2,6-8,13-15H,1,3-4,9-10H2,(H2,25,27,28,29)/p+1/t13-,14-/m1/s1. The molecule has 1 saturated heterocycles. The van der Waals surface area contributed by atoms with Crippen molar-refractivity contribution in [3.05, 3.63) is 36.3 Å². The van der Waals surface area contributed by atoms with E-state index < -0.39 is 25.2 Å². The summed E-state index contributed by atoms with van der Waals surface area (Å²) in [5, 5.41) is 16.7. The molecule has 172 valence electrons. The van der Waals surface area contributed by atoms with E-state index in [1.54, 1.807) is 0 Å². The van der Waals surface area contributed by atoms with Gasteiger partial charge in [-0.15, -0.1) is 0 Å². The average Bonchev–Trinajstić information content (AvgIpc) is 3.40. The van der Waals surface area contributed by atoms with Crippen molar-refractivity contribution >= 4 is 29.1 Å². The van der Waals surface area contributed by atoms with Gasteiger partial charge in [-0.1, -0.05) is 11.7 Å². The van der Waals surface area contributed by atoms with Gasteiger partial charge >= 0.3 is 0 Å². The van der Waals surface area contributed by atoms with Crippen LogP contribution in [0.2, 0.25) is 0 Å². The number of piperidine rings is 1. The van der Waals surface area contributed by atoms with Gasteiger partial charge in [0, 0.05) is 12.7 Å². The summed E-state index contributed by atoms with van der Waals surface area (Å²) in [5.74, 6) is -0.355. The Morgan fingerprint density at radius 3 is 3.06 bits per heavy atom. The molecule has 4 rings (SSSR count). The topological polar surface area (TPSA) is 124 Å². The highest BCUT2D eigenvalue weighted by Gasteiger charge is 2.34. The number of fused-ring (bicyclic) bond motifs is 1. The maximum Gasteiger partial charge on any atom is 0.289 e. The van der Waals surface area contributed by atoms with Gasteiger partial charge in [-0.2, -0.15) is 20.2 Å². The minimum Gasteiger partial charge on any atom is -0.469 e. The number of hydrogen-bond donors (Lipinski definition) is 3. The Balaban J connectivity index is 1.62. The molecular weight excluding hydrogens is 441 g/mol. The molecule has 2 aliphatic rings. The Morgan fingerprint density at radius 2 is 2.33 bits per heavy atom. The second kappa shape index (κ2) is 9.29. The van der Waals surface area contributed by atoms with Crippen LogP contribution in [0.25, 0.3) is 11.0 Å². The molecule has 1 unspecified atom stereocenters. The molecule has 10 nitrogen and oxygen atoms in total. The molecule has 3 N–H and O–H groups in total.